The van der Waals surface area contributed by atoms with Crippen LogP contribution >= 0.6 is 0 Å². The number of morpholine rings is 1. The third kappa shape index (κ3) is 3.21. The Bertz CT molecular complexity index is 406. The number of nitrogens with two attached hydrogens (primary N) is 2. The van der Waals surface area contributed by atoms with Gasteiger partial charge in [0.05, 0.1) is 13.2 Å². The van der Waals surface area contributed by atoms with Gasteiger partial charge in [0, 0.05) is 25.8 Å². The molecule has 4 N–H and O–H groups in total. The Morgan fingerprint density at radius 1 is 1.56 bits per heavy atom. The highest BCUT2D eigenvalue weighted by Gasteiger charge is 2.26. The summed E-state index contributed by atoms with van der Waals surface area (Å²) in [4.78, 5) is 13.3. The summed E-state index contributed by atoms with van der Waals surface area (Å²) < 4.78 is 7.07. The van der Waals surface area contributed by atoms with Crippen molar-refractivity contribution in [2.45, 2.75) is 19.0 Å². The molecule has 1 aromatic rings. The number of nitrogens with zero attached hydrogens (tertiary/aromatic N) is 3. The molecule has 0 spiro atoms. The third-order valence-corrected chi connectivity index (χ3v) is 3.06. The summed E-state index contributed by atoms with van der Waals surface area (Å²) in [5, 5.41) is 4.11. The van der Waals surface area contributed by atoms with Gasteiger partial charge < -0.3 is 16.2 Å². The van der Waals surface area contributed by atoms with E-state index in [0.29, 0.717) is 19.0 Å². The molecule has 7 nitrogen and oxygen atoms in total. The Morgan fingerprint density at radius 3 is 3.06 bits per heavy atom. The fraction of sp³-hybridized carbons (Fsp3) is 0.636. The Hall–Kier alpha value is -1.60. The molecule has 0 radical (unpaired) electrons. The molecule has 0 aliphatic carbocycles. The van der Waals surface area contributed by atoms with Crippen molar-refractivity contribution in [3.05, 3.63) is 12.3 Å². The average molecular weight is 253 g/mol. The zero-order valence-electron chi connectivity index (χ0n) is 10.3. The molecule has 100 valence electrons. The summed E-state index contributed by atoms with van der Waals surface area (Å²) in [6.07, 6.45) is 2.74. The van der Waals surface area contributed by atoms with E-state index in [0.717, 1.165) is 26.1 Å². The molecule has 1 aromatic heterocycles. The van der Waals surface area contributed by atoms with E-state index in [2.05, 4.69) is 10.00 Å². The van der Waals surface area contributed by atoms with Crippen molar-refractivity contribution in [2.24, 2.45) is 5.73 Å². The molecular formula is C11H19N5O2. The molecule has 2 rings (SSSR count). The highest BCUT2D eigenvalue weighted by Crippen LogP contribution is 2.08. The molecule has 0 aromatic carbocycles. The first kappa shape index (κ1) is 12.8. The number of rotatable bonds is 5. The van der Waals surface area contributed by atoms with Crippen molar-refractivity contribution in [2.75, 3.05) is 32.0 Å². The van der Waals surface area contributed by atoms with Gasteiger partial charge in [0.15, 0.2) is 0 Å². The van der Waals surface area contributed by atoms with Crippen molar-refractivity contribution < 1.29 is 9.53 Å². The Balaban J connectivity index is 1.79. The van der Waals surface area contributed by atoms with Gasteiger partial charge in [-0.3, -0.25) is 14.4 Å². The summed E-state index contributed by atoms with van der Waals surface area (Å²) in [6, 6.07) is 1.46. The average Bonchev–Trinajstić information content (AvgIpc) is 2.75. The predicted molar refractivity (Wildman–Crippen MR) is 66.6 cm³/mol. The summed E-state index contributed by atoms with van der Waals surface area (Å²) >= 11 is 0. The van der Waals surface area contributed by atoms with Gasteiger partial charge in [-0.25, -0.2) is 0 Å². The van der Waals surface area contributed by atoms with Crippen LogP contribution in [0.2, 0.25) is 0 Å². The zero-order valence-corrected chi connectivity index (χ0v) is 10.3. The second-order valence-electron chi connectivity index (χ2n) is 4.39. The predicted octanol–water partition coefficient (Wildman–Crippen LogP) is -0.958. The maximum Gasteiger partial charge on any atom is 0.237 e. The number of carbonyl (C=O) groups excluding carboxylic acids is 1. The van der Waals surface area contributed by atoms with Gasteiger partial charge in [-0.1, -0.05) is 0 Å². The van der Waals surface area contributed by atoms with Crippen LogP contribution in [-0.4, -0.2) is 52.9 Å². The van der Waals surface area contributed by atoms with E-state index in [1.807, 2.05) is 6.20 Å². The van der Waals surface area contributed by atoms with Crippen molar-refractivity contribution in [3.8, 4) is 0 Å². The normalized spacial score (nSPS) is 21.0. The topological polar surface area (TPSA) is 99.4 Å². The van der Waals surface area contributed by atoms with Crippen LogP contribution in [0.15, 0.2) is 12.3 Å². The van der Waals surface area contributed by atoms with E-state index in [1.165, 1.54) is 0 Å². The molecule has 1 aliphatic rings. The highest BCUT2D eigenvalue weighted by molar-refractivity contribution is 5.80. The molecule has 1 atom stereocenters. The molecule has 1 aliphatic heterocycles. The molecule has 1 saturated heterocycles. The number of amides is 1. The van der Waals surface area contributed by atoms with Gasteiger partial charge in [0.25, 0.3) is 0 Å². The maximum atomic E-state index is 11.3. The Morgan fingerprint density at radius 2 is 2.39 bits per heavy atom. The number of aryl methyl sites for hydroxylation is 1. The van der Waals surface area contributed by atoms with E-state index in [1.54, 1.807) is 10.7 Å². The van der Waals surface area contributed by atoms with E-state index in [-0.39, 0.29) is 11.9 Å². The van der Waals surface area contributed by atoms with Gasteiger partial charge in [-0.15, -0.1) is 0 Å². The van der Waals surface area contributed by atoms with Crippen LogP contribution in [0.5, 0.6) is 0 Å². The van der Waals surface area contributed by atoms with Crippen molar-refractivity contribution in [3.63, 3.8) is 0 Å². The first-order valence-electron chi connectivity index (χ1n) is 6.07. The van der Waals surface area contributed by atoms with Crippen molar-refractivity contribution >= 4 is 11.7 Å². The maximum absolute atomic E-state index is 11.3. The molecule has 0 saturated carbocycles. The zero-order chi connectivity index (χ0) is 13.0. The summed E-state index contributed by atoms with van der Waals surface area (Å²) in [6.45, 7) is 3.37. The van der Waals surface area contributed by atoms with Crippen LogP contribution in [0, 0.1) is 0 Å². The lowest BCUT2D eigenvalue weighted by Gasteiger charge is -2.33. The van der Waals surface area contributed by atoms with Crippen LogP contribution in [0.25, 0.3) is 0 Å². The second-order valence-corrected chi connectivity index (χ2v) is 4.39. The van der Waals surface area contributed by atoms with Crippen molar-refractivity contribution in [1.29, 1.82) is 0 Å². The number of aromatic nitrogens is 2. The first-order chi connectivity index (χ1) is 8.66. The molecule has 7 heteroatoms. The minimum atomic E-state index is -0.321. The van der Waals surface area contributed by atoms with Crippen LogP contribution in [0.4, 0.5) is 5.82 Å². The van der Waals surface area contributed by atoms with E-state index < -0.39 is 0 Å². The van der Waals surface area contributed by atoms with Crippen LogP contribution in [-0.2, 0) is 16.1 Å². The smallest absolute Gasteiger partial charge is 0.237 e. The Kier molecular flexibility index (Phi) is 4.16. The van der Waals surface area contributed by atoms with Crippen LogP contribution < -0.4 is 11.5 Å². The summed E-state index contributed by atoms with van der Waals surface area (Å²) in [5.41, 5.74) is 10.9. The number of nitrogen functional groups attached to an aromatic ring is 1. The molecule has 1 unspecified atom stereocenters. The number of primary amides is 1. The largest absolute Gasteiger partial charge is 0.382 e. The van der Waals surface area contributed by atoms with Gasteiger partial charge in [-0.2, -0.15) is 5.10 Å². The quantitative estimate of drug-likeness (QED) is 0.704. The van der Waals surface area contributed by atoms with Crippen LogP contribution in [0.1, 0.15) is 6.42 Å². The number of ether oxygens (including phenoxy) is 1. The fourth-order valence-corrected chi connectivity index (χ4v) is 2.11. The molecule has 18 heavy (non-hydrogen) atoms. The molecule has 1 fully saturated rings. The standard InChI is InChI=1S/C11H19N5O2/c12-10-2-5-16(14-10)4-1-3-15-6-7-18-8-9(15)11(13)17/h2,5,9H,1,3-4,6-8H2,(H2,12,14)(H2,13,17). The van der Waals surface area contributed by atoms with E-state index >= 15 is 0 Å². The molecule has 0 bridgehead atoms. The number of carbonyl (C=O) groups is 1. The minimum absolute atomic E-state index is 0.304. The summed E-state index contributed by atoms with van der Waals surface area (Å²) in [5.74, 6) is 0.203. The molecule has 1 amide bonds. The molecule has 2 heterocycles. The van der Waals surface area contributed by atoms with E-state index in [4.69, 9.17) is 16.2 Å². The van der Waals surface area contributed by atoms with Gasteiger partial charge in [0.2, 0.25) is 5.91 Å². The SMILES string of the molecule is NC(=O)C1COCCN1CCCn1ccc(N)n1. The van der Waals surface area contributed by atoms with Crippen molar-refractivity contribution in [1.82, 2.24) is 14.7 Å². The van der Waals surface area contributed by atoms with Gasteiger partial charge in [-0.05, 0) is 12.5 Å². The number of hydrogen-bond acceptors (Lipinski definition) is 5. The lowest BCUT2D eigenvalue weighted by atomic mass is 10.2. The number of hydrogen-bond donors (Lipinski definition) is 2. The minimum Gasteiger partial charge on any atom is -0.382 e. The lowest BCUT2D eigenvalue weighted by Crippen LogP contribution is -2.52. The fourth-order valence-electron chi connectivity index (χ4n) is 2.11. The van der Waals surface area contributed by atoms with Crippen LogP contribution in [0.3, 0.4) is 0 Å². The first-order valence-corrected chi connectivity index (χ1v) is 6.07. The summed E-state index contributed by atoms with van der Waals surface area (Å²) in [7, 11) is 0. The third-order valence-electron chi connectivity index (χ3n) is 3.06. The van der Waals surface area contributed by atoms with Gasteiger partial charge in [0.1, 0.15) is 11.9 Å². The number of anilines is 1. The monoisotopic (exact) mass is 253 g/mol. The van der Waals surface area contributed by atoms with E-state index in [9.17, 15) is 4.79 Å². The van der Waals surface area contributed by atoms with Gasteiger partial charge >= 0.3 is 0 Å². The Labute approximate surface area is 106 Å². The molecular weight excluding hydrogens is 234 g/mol. The second kappa shape index (κ2) is 5.83. The highest BCUT2D eigenvalue weighted by atomic mass is 16.5. The lowest BCUT2D eigenvalue weighted by molar-refractivity contribution is -0.129.